The second-order valence-electron chi connectivity index (χ2n) is 6.67. The molecule has 1 fully saturated rings. The molecule has 0 unspecified atom stereocenters. The van der Waals surface area contributed by atoms with Crippen LogP contribution in [0.25, 0.3) is 22.2 Å². The molecule has 146 valence electrons. The topological polar surface area (TPSA) is 82.6 Å². The van der Waals surface area contributed by atoms with E-state index in [-0.39, 0.29) is 11.9 Å². The van der Waals surface area contributed by atoms with Crippen molar-refractivity contribution < 1.29 is 19.0 Å². The Hall–Kier alpha value is -2.90. The van der Waals surface area contributed by atoms with E-state index in [0.29, 0.717) is 26.2 Å². The third-order valence-corrected chi connectivity index (χ3v) is 5.01. The number of carbonyl (C=O) groups excluding carboxylic acids is 1. The number of hydrogen-bond donors (Lipinski definition) is 1. The smallest absolute Gasteiger partial charge is 0.343 e. The van der Waals surface area contributed by atoms with Crippen LogP contribution in [-0.2, 0) is 27.2 Å². The summed E-state index contributed by atoms with van der Waals surface area (Å²) in [5.74, 6) is -0.633. The Balaban J connectivity index is 1.72. The van der Waals surface area contributed by atoms with Crippen LogP contribution in [0.2, 0.25) is 0 Å². The number of esters is 1. The number of aryl methyl sites for hydroxylation is 1. The van der Waals surface area contributed by atoms with Gasteiger partial charge < -0.3 is 23.8 Å². The summed E-state index contributed by atoms with van der Waals surface area (Å²) in [5, 5.41) is 1.05. The molecule has 0 aliphatic carbocycles. The molecular weight excluding hydrogens is 360 g/mol. The summed E-state index contributed by atoms with van der Waals surface area (Å²) in [7, 11) is 1.27. The Kier molecular flexibility index (Phi) is 5.02. The van der Waals surface area contributed by atoms with Gasteiger partial charge in [0.25, 0.3) is 5.56 Å². The maximum absolute atomic E-state index is 12.4. The standard InChI is InChI=1S/C21H22N2O5/c1-3-13-11-16(21(25)26-2)20(24)22-19(13)15-4-5-17-14(10-15)6-7-23(17)12-18-27-8-9-28-18/h4-7,10-11,18H,3,8-9,12H2,1-2H3,(H,22,24). The van der Waals surface area contributed by atoms with Gasteiger partial charge in [0.1, 0.15) is 5.56 Å². The Bertz CT molecular complexity index is 1080. The van der Waals surface area contributed by atoms with Crippen LogP contribution in [0, 0.1) is 0 Å². The minimum Gasteiger partial charge on any atom is -0.465 e. The normalized spacial score (nSPS) is 14.6. The van der Waals surface area contributed by atoms with E-state index in [2.05, 4.69) is 9.55 Å². The number of H-pyrrole nitrogens is 1. The predicted molar refractivity (Wildman–Crippen MR) is 104 cm³/mol. The molecule has 0 bridgehead atoms. The summed E-state index contributed by atoms with van der Waals surface area (Å²) >= 11 is 0. The number of pyridine rings is 1. The van der Waals surface area contributed by atoms with Crippen LogP contribution in [0.1, 0.15) is 22.8 Å². The number of nitrogens with one attached hydrogen (secondary N) is 1. The second-order valence-corrected chi connectivity index (χ2v) is 6.67. The fourth-order valence-corrected chi connectivity index (χ4v) is 3.56. The molecule has 3 heterocycles. The maximum Gasteiger partial charge on any atom is 0.343 e. The van der Waals surface area contributed by atoms with Crippen molar-refractivity contribution in [2.45, 2.75) is 26.2 Å². The molecule has 1 N–H and O–H groups in total. The average molecular weight is 382 g/mol. The van der Waals surface area contributed by atoms with E-state index in [1.54, 1.807) is 6.07 Å². The third kappa shape index (κ3) is 3.34. The number of carbonyl (C=O) groups is 1. The van der Waals surface area contributed by atoms with Crippen LogP contribution in [0.4, 0.5) is 0 Å². The van der Waals surface area contributed by atoms with Gasteiger partial charge in [-0.2, -0.15) is 0 Å². The van der Waals surface area contributed by atoms with Gasteiger partial charge in [0.05, 0.1) is 32.6 Å². The van der Waals surface area contributed by atoms with E-state index in [1.165, 1.54) is 7.11 Å². The van der Waals surface area contributed by atoms with Crippen molar-refractivity contribution in [1.82, 2.24) is 9.55 Å². The van der Waals surface area contributed by atoms with E-state index in [1.807, 2.05) is 37.4 Å². The Labute approximate surface area is 161 Å². The van der Waals surface area contributed by atoms with Crippen molar-refractivity contribution in [3.05, 3.63) is 58.0 Å². The number of methoxy groups -OCH3 is 1. The van der Waals surface area contributed by atoms with E-state index in [0.717, 1.165) is 27.7 Å². The van der Waals surface area contributed by atoms with Gasteiger partial charge in [0, 0.05) is 17.1 Å². The molecule has 7 heteroatoms. The molecule has 2 aromatic heterocycles. The molecule has 0 amide bonds. The summed E-state index contributed by atoms with van der Waals surface area (Å²) in [5.41, 5.74) is 3.13. The molecule has 1 aromatic carbocycles. The molecule has 0 atom stereocenters. The quantitative estimate of drug-likeness (QED) is 0.686. The highest BCUT2D eigenvalue weighted by Crippen LogP contribution is 2.27. The van der Waals surface area contributed by atoms with E-state index in [9.17, 15) is 9.59 Å². The molecule has 4 rings (SSSR count). The molecule has 0 saturated carbocycles. The molecular formula is C21H22N2O5. The van der Waals surface area contributed by atoms with Gasteiger partial charge in [-0.3, -0.25) is 4.79 Å². The number of ether oxygens (including phenoxy) is 3. The Morgan fingerprint density at radius 2 is 2.04 bits per heavy atom. The summed E-state index contributed by atoms with van der Waals surface area (Å²) in [6.45, 7) is 3.87. The van der Waals surface area contributed by atoms with Gasteiger partial charge in [-0.15, -0.1) is 0 Å². The van der Waals surface area contributed by atoms with Crippen molar-refractivity contribution in [1.29, 1.82) is 0 Å². The Morgan fingerprint density at radius 1 is 1.25 bits per heavy atom. The maximum atomic E-state index is 12.4. The minimum atomic E-state index is -0.633. The summed E-state index contributed by atoms with van der Waals surface area (Å²) in [4.78, 5) is 27.0. The largest absolute Gasteiger partial charge is 0.465 e. The van der Waals surface area contributed by atoms with Crippen LogP contribution < -0.4 is 5.56 Å². The summed E-state index contributed by atoms with van der Waals surface area (Å²) < 4.78 is 17.9. The summed E-state index contributed by atoms with van der Waals surface area (Å²) in [6, 6.07) is 9.66. The fourth-order valence-electron chi connectivity index (χ4n) is 3.56. The van der Waals surface area contributed by atoms with E-state index >= 15 is 0 Å². The van der Waals surface area contributed by atoms with Crippen molar-refractivity contribution in [2.24, 2.45) is 0 Å². The number of benzene rings is 1. The van der Waals surface area contributed by atoms with Crippen molar-refractivity contribution >= 4 is 16.9 Å². The van der Waals surface area contributed by atoms with Crippen LogP contribution >= 0.6 is 0 Å². The lowest BCUT2D eigenvalue weighted by Crippen LogP contribution is -2.20. The van der Waals surface area contributed by atoms with Gasteiger partial charge in [0.2, 0.25) is 0 Å². The zero-order valence-electron chi connectivity index (χ0n) is 15.9. The molecule has 0 radical (unpaired) electrons. The zero-order chi connectivity index (χ0) is 19.7. The van der Waals surface area contributed by atoms with Gasteiger partial charge in [-0.1, -0.05) is 13.0 Å². The van der Waals surface area contributed by atoms with Crippen LogP contribution in [0.15, 0.2) is 41.3 Å². The van der Waals surface area contributed by atoms with Gasteiger partial charge in [-0.25, -0.2) is 4.79 Å². The number of fused-ring (bicyclic) bond motifs is 1. The highest BCUT2D eigenvalue weighted by atomic mass is 16.7. The number of aromatic amines is 1. The first-order valence-electron chi connectivity index (χ1n) is 9.27. The van der Waals surface area contributed by atoms with Crippen LogP contribution in [0.3, 0.4) is 0 Å². The van der Waals surface area contributed by atoms with Crippen LogP contribution in [-0.4, -0.2) is 42.1 Å². The highest BCUT2D eigenvalue weighted by molar-refractivity contribution is 5.90. The SMILES string of the molecule is CCc1cc(C(=O)OC)c(=O)[nH]c1-c1ccc2c(ccn2CC2OCCO2)c1. The lowest BCUT2D eigenvalue weighted by Gasteiger charge is -2.12. The third-order valence-electron chi connectivity index (χ3n) is 5.01. The zero-order valence-corrected chi connectivity index (χ0v) is 15.9. The van der Waals surface area contributed by atoms with Gasteiger partial charge in [0.15, 0.2) is 6.29 Å². The molecule has 28 heavy (non-hydrogen) atoms. The monoisotopic (exact) mass is 382 g/mol. The highest BCUT2D eigenvalue weighted by Gasteiger charge is 2.18. The second kappa shape index (κ2) is 7.61. The summed E-state index contributed by atoms with van der Waals surface area (Å²) in [6.07, 6.45) is 2.46. The number of rotatable bonds is 5. The Morgan fingerprint density at radius 3 is 2.75 bits per heavy atom. The average Bonchev–Trinajstić information content (AvgIpc) is 3.37. The first kappa shape index (κ1) is 18.5. The first-order chi connectivity index (χ1) is 13.6. The molecule has 1 aliphatic rings. The lowest BCUT2D eigenvalue weighted by atomic mass is 10.0. The fraction of sp³-hybridized carbons (Fsp3) is 0.333. The number of aromatic nitrogens is 2. The van der Waals surface area contributed by atoms with E-state index < -0.39 is 11.5 Å². The van der Waals surface area contributed by atoms with Crippen molar-refractivity contribution in [3.63, 3.8) is 0 Å². The van der Waals surface area contributed by atoms with Crippen LogP contribution in [0.5, 0.6) is 0 Å². The first-order valence-corrected chi connectivity index (χ1v) is 9.27. The van der Waals surface area contributed by atoms with Gasteiger partial charge in [-0.05, 0) is 41.8 Å². The molecule has 0 spiro atoms. The predicted octanol–water partition coefficient (Wildman–Crippen LogP) is 2.72. The minimum absolute atomic E-state index is 0.0203. The lowest BCUT2D eigenvalue weighted by molar-refractivity contribution is -0.0517. The van der Waals surface area contributed by atoms with Gasteiger partial charge >= 0.3 is 5.97 Å². The molecule has 1 saturated heterocycles. The van der Waals surface area contributed by atoms with Crippen molar-refractivity contribution in [3.8, 4) is 11.3 Å². The van der Waals surface area contributed by atoms with E-state index in [4.69, 9.17) is 14.2 Å². The number of hydrogen-bond acceptors (Lipinski definition) is 5. The molecule has 7 nitrogen and oxygen atoms in total. The number of nitrogens with zero attached hydrogens (tertiary/aromatic N) is 1. The molecule has 3 aromatic rings. The van der Waals surface area contributed by atoms with Crippen molar-refractivity contribution in [2.75, 3.05) is 20.3 Å². The molecule has 1 aliphatic heterocycles.